The zero-order valence-corrected chi connectivity index (χ0v) is 16.2. The highest BCUT2D eigenvalue weighted by Crippen LogP contribution is 2.29. The molecule has 1 amide bonds. The van der Waals surface area contributed by atoms with Crippen molar-refractivity contribution in [1.29, 1.82) is 0 Å². The largest absolute Gasteiger partial charge is 0.487 e. The van der Waals surface area contributed by atoms with Crippen molar-refractivity contribution in [2.75, 3.05) is 19.7 Å². The Hall–Kier alpha value is -2.89. The fraction of sp³-hybridized carbons (Fsp3) is 0.409. The number of hydrogen-bond acceptors (Lipinski definition) is 4. The molecule has 0 bridgehead atoms. The first kappa shape index (κ1) is 19.9. The standard InChI is InChI=1S/C22H26N2O4/c1-2-28-21-11-10-19(16-20(21)24(26)27)22(25)23-14-12-18(13-15-23)9-8-17-6-4-3-5-7-17/h3-7,10-11,16,18H,2,8-9,12-15H2,1H3. The second-order valence-corrected chi connectivity index (χ2v) is 7.13. The molecule has 6 heteroatoms. The molecule has 3 rings (SSSR count). The predicted molar refractivity (Wildman–Crippen MR) is 108 cm³/mol. The molecular formula is C22H26N2O4. The number of nitro groups is 1. The molecule has 1 fully saturated rings. The molecule has 6 nitrogen and oxygen atoms in total. The Morgan fingerprint density at radius 3 is 2.54 bits per heavy atom. The van der Waals surface area contributed by atoms with E-state index in [0.29, 0.717) is 31.2 Å². The third kappa shape index (κ3) is 4.88. The lowest BCUT2D eigenvalue weighted by Crippen LogP contribution is -2.38. The molecule has 0 spiro atoms. The molecule has 0 N–H and O–H groups in total. The van der Waals surface area contributed by atoms with Crippen molar-refractivity contribution >= 4 is 11.6 Å². The molecule has 0 aromatic heterocycles. The van der Waals surface area contributed by atoms with E-state index in [2.05, 4.69) is 24.3 Å². The number of aryl methyl sites for hydroxylation is 1. The quantitative estimate of drug-likeness (QED) is 0.523. The van der Waals surface area contributed by atoms with E-state index >= 15 is 0 Å². The second-order valence-electron chi connectivity index (χ2n) is 7.13. The van der Waals surface area contributed by atoms with Gasteiger partial charge in [-0.2, -0.15) is 0 Å². The maximum Gasteiger partial charge on any atom is 0.311 e. The highest BCUT2D eigenvalue weighted by molar-refractivity contribution is 5.95. The van der Waals surface area contributed by atoms with Crippen LogP contribution in [0.1, 0.15) is 42.1 Å². The third-order valence-corrected chi connectivity index (χ3v) is 5.29. The minimum absolute atomic E-state index is 0.146. The summed E-state index contributed by atoms with van der Waals surface area (Å²) < 4.78 is 5.29. The van der Waals surface area contributed by atoms with Gasteiger partial charge >= 0.3 is 5.69 Å². The predicted octanol–water partition coefficient (Wildman–Crippen LogP) is 4.48. The number of nitro benzene ring substituents is 1. The van der Waals surface area contributed by atoms with Crippen LogP contribution in [0.15, 0.2) is 48.5 Å². The summed E-state index contributed by atoms with van der Waals surface area (Å²) >= 11 is 0. The molecule has 1 aliphatic rings. The summed E-state index contributed by atoms with van der Waals surface area (Å²) in [5.74, 6) is 0.662. The molecule has 0 unspecified atom stereocenters. The van der Waals surface area contributed by atoms with E-state index < -0.39 is 4.92 Å². The lowest BCUT2D eigenvalue weighted by Gasteiger charge is -2.32. The maximum atomic E-state index is 12.8. The summed E-state index contributed by atoms with van der Waals surface area (Å²) in [6.07, 6.45) is 4.13. The number of nitrogens with zero attached hydrogens (tertiary/aromatic N) is 2. The van der Waals surface area contributed by atoms with Gasteiger partial charge in [-0.15, -0.1) is 0 Å². The molecular weight excluding hydrogens is 356 g/mol. The molecule has 0 saturated carbocycles. The summed E-state index contributed by atoms with van der Waals surface area (Å²) in [7, 11) is 0. The first-order valence-corrected chi connectivity index (χ1v) is 9.83. The van der Waals surface area contributed by atoms with Crippen molar-refractivity contribution in [1.82, 2.24) is 4.90 Å². The average Bonchev–Trinajstić information content (AvgIpc) is 2.73. The maximum absolute atomic E-state index is 12.8. The normalized spacial score (nSPS) is 14.7. The smallest absolute Gasteiger partial charge is 0.311 e. The van der Waals surface area contributed by atoms with E-state index in [0.717, 1.165) is 25.7 Å². The summed E-state index contributed by atoms with van der Waals surface area (Å²) in [5.41, 5.74) is 1.53. The number of benzene rings is 2. The number of ether oxygens (including phenoxy) is 1. The van der Waals surface area contributed by atoms with Crippen molar-refractivity contribution < 1.29 is 14.5 Å². The van der Waals surface area contributed by atoms with Crippen LogP contribution in [0.2, 0.25) is 0 Å². The number of piperidine rings is 1. The van der Waals surface area contributed by atoms with Crippen molar-refractivity contribution in [2.24, 2.45) is 5.92 Å². The van der Waals surface area contributed by atoms with Gasteiger partial charge in [0.1, 0.15) is 0 Å². The van der Waals surface area contributed by atoms with Gasteiger partial charge in [0, 0.05) is 24.7 Å². The Kier molecular flexibility index (Phi) is 6.63. The number of amides is 1. The second kappa shape index (κ2) is 9.35. The molecule has 0 aliphatic carbocycles. The summed E-state index contributed by atoms with van der Waals surface area (Å²) in [4.78, 5) is 25.4. The average molecular weight is 382 g/mol. The van der Waals surface area contributed by atoms with Crippen LogP contribution in [-0.2, 0) is 6.42 Å². The van der Waals surface area contributed by atoms with E-state index in [1.807, 2.05) is 6.07 Å². The Labute approximate surface area is 165 Å². The van der Waals surface area contributed by atoms with E-state index in [1.54, 1.807) is 17.9 Å². The molecule has 2 aromatic rings. The van der Waals surface area contributed by atoms with Crippen LogP contribution in [0.25, 0.3) is 0 Å². The van der Waals surface area contributed by atoms with Gasteiger partial charge in [0.2, 0.25) is 0 Å². The number of carbonyl (C=O) groups is 1. The van der Waals surface area contributed by atoms with Crippen LogP contribution in [0.5, 0.6) is 5.75 Å². The first-order chi connectivity index (χ1) is 13.6. The summed E-state index contributed by atoms with van der Waals surface area (Å²) in [5, 5.41) is 11.3. The third-order valence-electron chi connectivity index (χ3n) is 5.29. The lowest BCUT2D eigenvalue weighted by molar-refractivity contribution is -0.385. The summed E-state index contributed by atoms with van der Waals surface area (Å²) in [6, 6.07) is 14.9. The fourth-order valence-corrected chi connectivity index (χ4v) is 3.69. The van der Waals surface area contributed by atoms with Gasteiger partial charge in [-0.1, -0.05) is 30.3 Å². The first-order valence-electron chi connectivity index (χ1n) is 9.83. The van der Waals surface area contributed by atoms with Crippen LogP contribution in [0, 0.1) is 16.0 Å². The molecule has 0 radical (unpaired) electrons. The molecule has 28 heavy (non-hydrogen) atoms. The lowest BCUT2D eigenvalue weighted by atomic mass is 9.90. The van der Waals surface area contributed by atoms with Crippen molar-refractivity contribution in [2.45, 2.75) is 32.6 Å². The van der Waals surface area contributed by atoms with Crippen molar-refractivity contribution in [3.05, 3.63) is 69.8 Å². The molecule has 1 saturated heterocycles. The fourth-order valence-electron chi connectivity index (χ4n) is 3.69. The number of rotatable bonds is 7. The topological polar surface area (TPSA) is 72.7 Å². The molecule has 1 aliphatic heterocycles. The van der Waals surface area contributed by atoms with Crippen molar-refractivity contribution in [3.8, 4) is 5.75 Å². The van der Waals surface area contributed by atoms with E-state index in [-0.39, 0.29) is 17.3 Å². The van der Waals surface area contributed by atoms with Crippen LogP contribution < -0.4 is 4.74 Å². The number of likely N-dealkylation sites (tertiary alicyclic amines) is 1. The number of hydrogen-bond donors (Lipinski definition) is 0. The Bertz CT molecular complexity index is 815. The van der Waals surface area contributed by atoms with Gasteiger partial charge < -0.3 is 9.64 Å². The van der Waals surface area contributed by atoms with Gasteiger partial charge in [0.15, 0.2) is 5.75 Å². The Morgan fingerprint density at radius 1 is 1.18 bits per heavy atom. The Morgan fingerprint density at radius 2 is 1.89 bits per heavy atom. The molecule has 0 atom stereocenters. The molecule has 2 aromatic carbocycles. The molecule has 148 valence electrons. The van der Waals surface area contributed by atoms with E-state index in [4.69, 9.17) is 4.74 Å². The zero-order chi connectivity index (χ0) is 19.9. The zero-order valence-electron chi connectivity index (χ0n) is 16.2. The van der Waals surface area contributed by atoms with Gasteiger partial charge in [-0.05, 0) is 56.2 Å². The van der Waals surface area contributed by atoms with Gasteiger partial charge in [0.25, 0.3) is 5.91 Å². The minimum atomic E-state index is -0.502. The highest BCUT2D eigenvalue weighted by atomic mass is 16.6. The highest BCUT2D eigenvalue weighted by Gasteiger charge is 2.26. The minimum Gasteiger partial charge on any atom is -0.487 e. The Balaban J connectivity index is 1.57. The van der Waals surface area contributed by atoms with Crippen LogP contribution in [0.4, 0.5) is 5.69 Å². The van der Waals surface area contributed by atoms with Crippen LogP contribution in [0.3, 0.4) is 0 Å². The van der Waals surface area contributed by atoms with Crippen molar-refractivity contribution in [3.63, 3.8) is 0 Å². The monoisotopic (exact) mass is 382 g/mol. The molecule has 1 heterocycles. The van der Waals surface area contributed by atoms with Crippen LogP contribution >= 0.6 is 0 Å². The van der Waals surface area contributed by atoms with Crippen LogP contribution in [-0.4, -0.2) is 35.4 Å². The number of carbonyl (C=O) groups excluding carboxylic acids is 1. The van der Waals surface area contributed by atoms with E-state index in [9.17, 15) is 14.9 Å². The van der Waals surface area contributed by atoms with Gasteiger partial charge in [-0.25, -0.2) is 0 Å². The van der Waals surface area contributed by atoms with Gasteiger partial charge in [-0.3, -0.25) is 14.9 Å². The van der Waals surface area contributed by atoms with E-state index in [1.165, 1.54) is 17.7 Å². The SMILES string of the molecule is CCOc1ccc(C(=O)N2CCC(CCc3ccccc3)CC2)cc1[N+](=O)[O-]. The van der Waals surface area contributed by atoms with Gasteiger partial charge in [0.05, 0.1) is 11.5 Å². The summed E-state index contributed by atoms with van der Waals surface area (Å²) in [6.45, 7) is 3.49.